The molecule has 7 heteroatoms. The van der Waals surface area contributed by atoms with Crippen LogP contribution in [-0.4, -0.2) is 40.4 Å². The predicted molar refractivity (Wildman–Crippen MR) is 106 cm³/mol. The molecular weight excluding hydrogens is 364 g/mol. The molecule has 0 aliphatic carbocycles. The molecule has 2 aliphatic heterocycles. The molecule has 1 amide bonds. The minimum absolute atomic E-state index is 0.0336. The Labute approximate surface area is 163 Å². The van der Waals surface area contributed by atoms with Gasteiger partial charge in [0.15, 0.2) is 5.17 Å². The second-order valence-corrected chi connectivity index (χ2v) is 7.68. The Morgan fingerprint density at radius 1 is 1.33 bits per heavy atom. The molecule has 6 nitrogen and oxygen atoms in total. The Morgan fingerprint density at radius 3 is 2.67 bits per heavy atom. The van der Waals surface area contributed by atoms with Crippen LogP contribution in [0.2, 0.25) is 0 Å². The van der Waals surface area contributed by atoms with E-state index in [1.54, 1.807) is 25.7 Å². The second-order valence-electron chi connectivity index (χ2n) is 6.61. The van der Waals surface area contributed by atoms with Crippen LogP contribution in [0.25, 0.3) is 0 Å². The van der Waals surface area contributed by atoms with E-state index in [1.807, 2.05) is 31.2 Å². The summed E-state index contributed by atoms with van der Waals surface area (Å²) in [5.74, 6) is 0.974. The number of ether oxygens (including phenoxy) is 2. The molecule has 0 radical (unpaired) electrons. The number of amidine groups is 1. The van der Waals surface area contributed by atoms with Crippen molar-refractivity contribution in [3.05, 3.63) is 41.1 Å². The molecule has 144 valence electrons. The summed E-state index contributed by atoms with van der Waals surface area (Å²) >= 11 is 1.54. The van der Waals surface area contributed by atoms with E-state index < -0.39 is 12.0 Å². The highest BCUT2D eigenvalue weighted by atomic mass is 32.2. The molecule has 1 fully saturated rings. The molecule has 1 atom stereocenters. The first kappa shape index (κ1) is 19.5. The Hall–Kier alpha value is -2.28. The molecule has 1 aromatic rings. The first-order valence-corrected chi connectivity index (χ1v) is 10.1. The Balaban J connectivity index is 2.07. The fraction of sp³-hybridized carbons (Fsp3) is 0.450. The van der Waals surface area contributed by atoms with E-state index in [0.717, 1.165) is 11.3 Å². The van der Waals surface area contributed by atoms with Crippen molar-refractivity contribution in [3.8, 4) is 5.75 Å². The highest BCUT2D eigenvalue weighted by Gasteiger charge is 2.41. The van der Waals surface area contributed by atoms with Crippen LogP contribution in [0.15, 0.2) is 40.5 Å². The van der Waals surface area contributed by atoms with Crippen molar-refractivity contribution < 1.29 is 19.1 Å². The van der Waals surface area contributed by atoms with Crippen LogP contribution < -0.4 is 4.74 Å². The Kier molecular flexibility index (Phi) is 5.89. The number of amides is 1. The van der Waals surface area contributed by atoms with Gasteiger partial charge in [0.05, 0.1) is 30.0 Å². The number of allylic oxidation sites excluding steroid dienone is 1. The molecule has 0 aromatic heterocycles. The summed E-state index contributed by atoms with van der Waals surface area (Å²) in [5, 5.41) is 0.642. The number of aliphatic imine (C=N–C) groups is 1. The number of hydrogen-bond acceptors (Lipinski definition) is 6. The number of nitrogens with zero attached hydrogens (tertiary/aromatic N) is 2. The summed E-state index contributed by atoms with van der Waals surface area (Å²) in [4.78, 5) is 31.7. The van der Waals surface area contributed by atoms with Gasteiger partial charge in [0.25, 0.3) is 0 Å². The van der Waals surface area contributed by atoms with Gasteiger partial charge in [0.2, 0.25) is 5.91 Å². The van der Waals surface area contributed by atoms with Gasteiger partial charge >= 0.3 is 5.97 Å². The third-order valence-corrected chi connectivity index (χ3v) is 5.23. The zero-order valence-corrected chi connectivity index (χ0v) is 16.8. The maximum atomic E-state index is 12.8. The number of esters is 1. The van der Waals surface area contributed by atoms with Crippen LogP contribution in [0.4, 0.5) is 0 Å². The topological polar surface area (TPSA) is 68.2 Å². The number of fused-ring (bicyclic) bond motifs is 1. The van der Waals surface area contributed by atoms with Crippen LogP contribution >= 0.6 is 11.8 Å². The smallest absolute Gasteiger partial charge is 0.338 e. The maximum absolute atomic E-state index is 12.8. The van der Waals surface area contributed by atoms with Gasteiger partial charge in [0.1, 0.15) is 5.75 Å². The summed E-state index contributed by atoms with van der Waals surface area (Å²) in [7, 11) is 0. The van der Waals surface area contributed by atoms with Gasteiger partial charge in [-0.2, -0.15) is 0 Å². The highest BCUT2D eigenvalue weighted by molar-refractivity contribution is 8.14. The van der Waals surface area contributed by atoms with E-state index in [4.69, 9.17) is 9.47 Å². The monoisotopic (exact) mass is 388 g/mol. The molecule has 0 saturated carbocycles. The molecule has 1 unspecified atom stereocenters. The summed E-state index contributed by atoms with van der Waals surface area (Å²) in [6.45, 7) is 7.90. The number of rotatable bonds is 5. The van der Waals surface area contributed by atoms with Gasteiger partial charge in [-0.15, -0.1) is 0 Å². The minimum Gasteiger partial charge on any atom is -0.494 e. The van der Waals surface area contributed by atoms with Crippen molar-refractivity contribution >= 4 is 28.8 Å². The molecule has 1 aromatic carbocycles. The Bertz CT molecular complexity index is 799. The molecule has 27 heavy (non-hydrogen) atoms. The number of carbonyl (C=O) groups is 2. The van der Waals surface area contributed by atoms with E-state index in [9.17, 15) is 9.59 Å². The number of hydrogen-bond donors (Lipinski definition) is 0. The van der Waals surface area contributed by atoms with E-state index in [2.05, 4.69) is 4.99 Å². The fourth-order valence-corrected chi connectivity index (χ4v) is 4.17. The van der Waals surface area contributed by atoms with Gasteiger partial charge < -0.3 is 9.47 Å². The van der Waals surface area contributed by atoms with Crippen molar-refractivity contribution in [1.29, 1.82) is 0 Å². The molecule has 3 rings (SSSR count). The largest absolute Gasteiger partial charge is 0.494 e. The van der Waals surface area contributed by atoms with E-state index in [-0.39, 0.29) is 12.0 Å². The summed E-state index contributed by atoms with van der Waals surface area (Å²) in [6.07, 6.45) is 0.165. The lowest BCUT2D eigenvalue weighted by atomic mass is 9.94. The average molecular weight is 388 g/mol. The van der Waals surface area contributed by atoms with Gasteiger partial charge in [-0.25, -0.2) is 9.79 Å². The van der Waals surface area contributed by atoms with Crippen LogP contribution in [0, 0.1) is 0 Å². The van der Waals surface area contributed by atoms with Gasteiger partial charge in [-0.3, -0.25) is 9.69 Å². The van der Waals surface area contributed by atoms with E-state index in [1.165, 1.54) is 11.8 Å². The highest BCUT2D eigenvalue weighted by Crippen LogP contribution is 2.40. The first-order valence-electron chi connectivity index (χ1n) is 9.10. The zero-order chi connectivity index (χ0) is 19.6. The van der Waals surface area contributed by atoms with Crippen molar-refractivity contribution in [2.45, 2.75) is 46.3 Å². The quantitative estimate of drug-likeness (QED) is 0.720. The lowest BCUT2D eigenvalue weighted by Crippen LogP contribution is -2.46. The normalized spacial score (nSPS) is 19.7. The van der Waals surface area contributed by atoms with Crippen LogP contribution in [0.1, 0.15) is 45.7 Å². The van der Waals surface area contributed by atoms with Gasteiger partial charge in [-0.1, -0.05) is 23.9 Å². The number of benzene rings is 1. The van der Waals surface area contributed by atoms with E-state index >= 15 is 0 Å². The van der Waals surface area contributed by atoms with Crippen molar-refractivity contribution in [1.82, 2.24) is 4.90 Å². The molecule has 0 spiro atoms. The minimum atomic E-state index is -0.542. The average Bonchev–Trinajstić information content (AvgIpc) is 2.61. The number of carbonyl (C=O) groups excluding carboxylic acids is 2. The van der Waals surface area contributed by atoms with Gasteiger partial charge in [0, 0.05) is 12.2 Å². The molecular formula is C20H24N2O4S. The standard InChI is InChI=1S/C20H24N2O4S/c1-5-25-15-8-6-14(7-9-15)18-17(19(24)26-12(2)3)13(4)21-20-22(18)16(23)10-11-27-20/h6-9,12,18H,5,10-11H2,1-4H3. The lowest BCUT2D eigenvalue weighted by molar-refractivity contribution is -0.143. The van der Waals surface area contributed by atoms with Crippen molar-refractivity contribution in [3.63, 3.8) is 0 Å². The third-order valence-electron chi connectivity index (χ3n) is 4.28. The molecule has 0 bridgehead atoms. The second kappa shape index (κ2) is 8.17. The Morgan fingerprint density at radius 2 is 2.04 bits per heavy atom. The fourth-order valence-electron chi connectivity index (χ4n) is 3.16. The van der Waals surface area contributed by atoms with Crippen molar-refractivity contribution in [2.75, 3.05) is 12.4 Å². The summed E-state index contributed by atoms with van der Waals surface area (Å²) in [5.41, 5.74) is 1.83. The predicted octanol–water partition coefficient (Wildman–Crippen LogP) is 3.69. The van der Waals surface area contributed by atoms with Crippen LogP contribution in [0.3, 0.4) is 0 Å². The van der Waals surface area contributed by atoms with E-state index in [0.29, 0.717) is 35.2 Å². The summed E-state index contributed by atoms with van der Waals surface area (Å²) in [6, 6.07) is 6.95. The van der Waals surface area contributed by atoms with Gasteiger partial charge in [-0.05, 0) is 45.4 Å². The maximum Gasteiger partial charge on any atom is 0.338 e. The zero-order valence-electron chi connectivity index (χ0n) is 16.0. The van der Waals surface area contributed by atoms with Crippen LogP contribution in [0.5, 0.6) is 5.75 Å². The molecule has 2 aliphatic rings. The molecule has 2 heterocycles. The third kappa shape index (κ3) is 4.03. The summed E-state index contributed by atoms with van der Waals surface area (Å²) < 4.78 is 11.0. The van der Waals surface area contributed by atoms with Crippen molar-refractivity contribution in [2.24, 2.45) is 4.99 Å². The first-order chi connectivity index (χ1) is 12.9. The molecule has 0 N–H and O–H groups in total. The number of thioether (sulfide) groups is 1. The van der Waals surface area contributed by atoms with Crippen LogP contribution in [-0.2, 0) is 14.3 Å². The molecule has 1 saturated heterocycles. The SMILES string of the molecule is CCOc1ccc(C2C(C(=O)OC(C)C)=C(C)N=C3SCCC(=O)N32)cc1. The lowest BCUT2D eigenvalue weighted by Gasteiger charge is -2.39.